The van der Waals surface area contributed by atoms with E-state index in [-0.39, 0.29) is 23.0 Å². The maximum Gasteiger partial charge on any atom is 0.248 e. The third-order valence-electron chi connectivity index (χ3n) is 14.6. The number of rotatable bonds is 4. The van der Waals surface area contributed by atoms with Crippen LogP contribution in [0.3, 0.4) is 0 Å². The second-order valence-electron chi connectivity index (χ2n) is 23.1. The first-order valence-corrected chi connectivity index (χ1v) is 23.4. The van der Waals surface area contributed by atoms with Crippen LogP contribution in [0.5, 0.6) is 0 Å². The van der Waals surface area contributed by atoms with Crippen molar-refractivity contribution in [2.45, 2.75) is 119 Å². The highest BCUT2D eigenvalue weighted by molar-refractivity contribution is 6.95. The lowest BCUT2D eigenvalue weighted by molar-refractivity contribution is 0.554. The van der Waals surface area contributed by atoms with Gasteiger partial charge in [0.15, 0.2) is 0 Å². The van der Waals surface area contributed by atoms with Crippen molar-refractivity contribution in [3.63, 3.8) is 0 Å². The molecule has 0 amide bonds. The van der Waals surface area contributed by atoms with Crippen LogP contribution in [0.4, 0.5) is 28.4 Å². The average molecular weight is 841 g/mol. The fourth-order valence-corrected chi connectivity index (χ4v) is 11.2. The summed E-state index contributed by atoms with van der Waals surface area (Å²) in [7, 11) is 0. The molecule has 64 heavy (non-hydrogen) atoms. The third kappa shape index (κ3) is 6.28. The summed E-state index contributed by atoms with van der Waals surface area (Å²) in [5.74, 6) is 0. The summed E-state index contributed by atoms with van der Waals surface area (Å²) in [6.07, 6.45) is 0. The van der Waals surface area contributed by atoms with E-state index >= 15 is 0 Å². The van der Waals surface area contributed by atoms with Gasteiger partial charge < -0.3 is 20.1 Å². The highest BCUT2D eigenvalue weighted by atomic mass is 15.2. The van der Waals surface area contributed by atoms with Crippen LogP contribution in [0.15, 0.2) is 144 Å². The Labute approximate surface area is 382 Å². The van der Waals surface area contributed by atoms with E-state index in [4.69, 9.17) is 5.73 Å². The number of allylic oxidation sites excluding steroid dienone is 3. The van der Waals surface area contributed by atoms with Crippen LogP contribution in [-0.2, 0) is 21.8 Å². The first kappa shape index (κ1) is 42.2. The highest BCUT2D eigenvalue weighted by Gasteiger charge is 2.54. The molecule has 0 radical (unpaired) electrons. The molecule has 3 heterocycles. The smallest absolute Gasteiger partial charge is 0.248 e. The Bertz CT molecular complexity index is 3060. The SMILES string of the molecule is CC1=C(n2c3ccccc3c3ccccc32)C(C)(C)C2=C1N(c1ccc(C(C)(C)C)cc1)c1cc(C(C)(C)N)cc3c1B2c1cc(C(C)(C)C)ccc1N3c1ccc(C(C)(C)C)cc1. The number of aromatic nitrogens is 1. The van der Waals surface area contributed by atoms with E-state index in [1.54, 1.807) is 0 Å². The molecule has 2 aliphatic heterocycles. The van der Waals surface area contributed by atoms with Crippen molar-refractivity contribution in [2.75, 3.05) is 9.80 Å². The Morgan fingerprint density at radius 2 is 0.953 bits per heavy atom. The van der Waals surface area contributed by atoms with Gasteiger partial charge in [-0.15, -0.1) is 0 Å². The van der Waals surface area contributed by atoms with E-state index < -0.39 is 11.0 Å². The Balaban J connectivity index is 1.35. The maximum atomic E-state index is 7.24. The second-order valence-corrected chi connectivity index (χ2v) is 23.1. The van der Waals surface area contributed by atoms with E-state index in [1.807, 2.05) is 0 Å². The number of para-hydroxylation sites is 2. The summed E-state index contributed by atoms with van der Waals surface area (Å²) in [6, 6.07) is 48.8. The molecule has 0 saturated carbocycles. The summed E-state index contributed by atoms with van der Waals surface area (Å²) in [4.78, 5) is 5.16. The molecular weight excluding hydrogens is 775 g/mol. The van der Waals surface area contributed by atoms with Crippen molar-refractivity contribution >= 4 is 73.6 Å². The first-order chi connectivity index (χ1) is 30.0. The minimum atomic E-state index is -0.608. The molecule has 0 fully saturated rings. The van der Waals surface area contributed by atoms with Crippen LogP contribution < -0.4 is 26.5 Å². The van der Waals surface area contributed by atoms with Gasteiger partial charge in [0.25, 0.3) is 0 Å². The summed E-state index contributed by atoms with van der Waals surface area (Å²) in [5, 5.41) is 2.56. The summed E-state index contributed by atoms with van der Waals surface area (Å²) >= 11 is 0. The van der Waals surface area contributed by atoms with Crippen molar-refractivity contribution in [1.82, 2.24) is 4.57 Å². The van der Waals surface area contributed by atoms with Crippen molar-refractivity contribution < 1.29 is 0 Å². The molecule has 3 aliphatic rings. The summed E-state index contributed by atoms with van der Waals surface area (Å²) in [5.41, 5.74) is 27.7. The average Bonchev–Trinajstić information content (AvgIpc) is 3.65. The molecule has 0 atom stereocenters. The molecule has 1 aliphatic carbocycles. The van der Waals surface area contributed by atoms with Crippen LogP contribution in [0, 0.1) is 5.41 Å². The van der Waals surface area contributed by atoms with Crippen molar-refractivity contribution in [3.05, 3.63) is 166 Å². The minimum absolute atomic E-state index is 0.0188. The number of nitrogens with two attached hydrogens (primary N) is 1. The molecule has 2 N–H and O–H groups in total. The number of fused-ring (bicyclic) bond motifs is 6. The quantitative estimate of drug-likeness (QED) is 0.179. The Hall–Kier alpha value is -5.78. The van der Waals surface area contributed by atoms with Gasteiger partial charge in [-0.1, -0.05) is 154 Å². The van der Waals surface area contributed by atoms with E-state index in [2.05, 4.69) is 239 Å². The molecule has 6 aromatic carbocycles. The normalized spacial score (nSPS) is 16.3. The van der Waals surface area contributed by atoms with Crippen molar-refractivity contribution in [3.8, 4) is 0 Å². The lowest BCUT2D eigenvalue weighted by Gasteiger charge is -2.47. The second kappa shape index (κ2) is 13.9. The first-order valence-electron chi connectivity index (χ1n) is 23.4. The predicted octanol–water partition coefficient (Wildman–Crippen LogP) is 14.2. The summed E-state index contributed by atoms with van der Waals surface area (Å²) in [6.45, 7) is 32.4. The maximum absolute atomic E-state index is 7.24. The number of nitrogens with zero attached hydrogens (tertiary/aromatic N) is 3. The largest absolute Gasteiger partial charge is 0.322 e. The van der Waals surface area contributed by atoms with Gasteiger partial charge in [0, 0.05) is 61.6 Å². The molecule has 4 nitrogen and oxygen atoms in total. The fraction of sp³-hybridized carbons (Fsp3) is 0.322. The molecule has 10 rings (SSSR count). The zero-order valence-electron chi connectivity index (χ0n) is 40.6. The zero-order valence-corrected chi connectivity index (χ0v) is 40.6. The minimum Gasteiger partial charge on any atom is -0.322 e. The van der Waals surface area contributed by atoms with Gasteiger partial charge >= 0.3 is 0 Å². The Morgan fingerprint density at radius 3 is 1.44 bits per heavy atom. The number of hydrogen-bond acceptors (Lipinski definition) is 3. The van der Waals surface area contributed by atoms with Gasteiger partial charge in [-0.05, 0) is 130 Å². The zero-order chi connectivity index (χ0) is 45.6. The van der Waals surface area contributed by atoms with Crippen molar-refractivity contribution in [1.29, 1.82) is 0 Å². The van der Waals surface area contributed by atoms with Crippen LogP contribution in [0.25, 0.3) is 27.5 Å². The monoisotopic (exact) mass is 841 g/mol. The summed E-state index contributed by atoms with van der Waals surface area (Å²) < 4.78 is 2.59. The molecule has 7 aromatic rings. The number of hydrogen-bond donors (Lipinski definition) is 1. The van der Waals surface area contributed by atoms with Crippen molar-refractivity contribution in [2.24, 2.45) is 11.1 Å². The van der Waals surface area contributed by atoms with Crippen LogP contribution in [0.1, 0.15) is 119 Å². The molecule has 0 saturated heterocycles. The molecular formula is C59H65BN4. The van der Waals surface area contributed by atoms with Gasteiger partial charge in [-0.2, -0.15) is 0 Å². The molecule has 0 bridgehead atoms. The van der Waals surface area contributed by atoms with E-state index in [1.165, 1.54) is 88.9 Å². The Kier molecular flexibility index (Phi) is 9.14. The molecule has 5 heteroatoms. The lowest BCUT2D eigenvalue weighted by atomic mass is 9.30. The van der Waals surface area contributed by atoms with Gasteiger partial charge in [0.2, 0.25) is 6.71 Å². The number of anilines is 5. The number of benzene rings is 6. The van der Waals surface area contributed by atoms with Crippen LogP contribution in [0.2, 0.25) is 0 Å². The van der Waals surface area contributed by atoms with E-state index in [0.717, 1.165) is 16.9 Å². The molecule has 0 unspecified atom stereocenters. The predicted molar refractivity (Wildman–Crippen MR) is 277 cm³/mol. The molecule has 0 spiro atoms. The lowest BCUT2D eigenvalue weighted by Crippen LogP contribution is -2.58. The highest BCUT2D eigenvalue weighted by Crippen LogP contribution is 2.58. The van der Waals surface area contributed by atoms with E-state index in [9.17, 15) is 0 Å². The standard InChI is InChI=1S/C59H65BN4/c1-36-52-53(58(11,12)54(36)64-46-21-17-15-19-43(46)44-20-16-18-22-47(44)64)60-45-33-39(57(8,9)10)27-32-48(45)62(41-28-23-37(24-29-41)55(2,3)4)49-34-40(59(13,14)61)35-50(51(49)60)63(52)42-30-25-38(26-31-42)56(5,6)7/h15-35H,61H2,1-14H3. The third-order valence-corrected chi connectivity index (χ3v) is 14.6. The van der Waals surface area contributed by atoms with Gasteiger partial charge in [-0.25, -0.2) is 0 Å². The molecule has 324 valence electrons. The fourth-order valence-electron chi connectivity index (χ4n) is 11.2. The van der Waals surface area contributed by atoms with E-state index in [0.29, 0.717) is 0 Å². The van der Waals surface area contributed by atoms with Crippen LogP contribution >= 0.6 is 0 Å². The van der Waals surface area contributed by atoms with Gasteiger partial charge in [0.1, 0.15) is 0 Å². The van der Waals surface area contributed by atoms with Gasteiger partial charge in [-0.3, -0.25) is 0 Å². The van der Waals surface area contributed by atoms with Crippen LogP contribution in [-0.4, -0.2) is 11.3 Å². The topological polar surface area (TPSA) is 37.4 Å². The Morgan fingerprint density at radius 1 is 0.500 bits per heavy atom. The molecule has 1 aromatic heterocycles. The van der Waals surface area contributed by atoms with Gasteiger partial charge in [0.05, 0.1) is 11.0 Å².